The van der Waals surface area contributed by atoms with E-state index in [2.05, 4.69) is 0 Å². The van der Waals surface area contributed by atoms with Crippen LogP contribution >= 0.6 is 0 Å². The summed E-state index contributed by atoms with van der Waals surface area (Å²) >= 11 is 0. The molecule has 2 radical (unpaired) electrons. The van der Waals surface area contributed by atoms with Crippen molar-refractivity contribution in [1.82, 2.24) is 0 Å². The van der Waals surface area contributed by atoms with Gasteiger partial charge < -0.3 is 14.9 Å². The van der Waals surface area contributed by atoms with Crippen LogP contribution in [-0.4, -0.2) is 0 Å². The van der Waals surface area contributed by atoms with Crippen LogP contribution in [0.4, 0.5) is 0 Å². The van der Waals surface area contributed by atoms with Crippen LogP contribution in [-0.2, 0) is 86.5 Å². The van der Waals surface area contributed by atoms with Crippen molar-refractivity contribution in [3.63, 3.8) is 0 Å². The summed E-state index contributed by atoms with van der Waals surface area (Å²) in [6.45, 7) is 0. The quantitative estimate of drug-likeness (QED) is 0.538. The van der Waals surface area contributed by atoms with Crippen molar-refractivity contribution >= 4 is 0 Å². The van der Waals surface area contributed by atoms with Gasteiger partial charge in [0.25, 0.3) is 0 Å². The molecular weight excluding hydrogens is 386 g/mol. The van der Waals surface area contributed by atoms with Crippen LogP contribution in [0.1, 0.15) is 0 Å². The third-order valence-corrected chi connectivity index (χ3v) is 0. The number of hydrogen-bond donors (Lipinski definition) is 0. The molecule has 0 saturated heterocycles. The van der Waals surface area contributed by atoms with Crippen molar-refractivity contribution in [3.8, 4) is 0 Å². The third kappa shape index (κ3) is 19.7. The Morgan fingerprint density at radius 1 is 0.600 bits per heavy atom. The molecule has 0 saturated carbocycles. The van der Waals surface area contributed by atoms with E-state index in [4.69, 9.17) is 0 Å². The van der Waals surface area contributed by atoms with Crippen LogP contribution in [0, 0.1) is 14.9 Å². The minimum absolute atomic E-state index is 0. The van der Waals surface area contributed by atoms with Gasteiger partial charge in [-0.05, 0) is 0 Å². The topological polar surface area (TPSA) is 0 Å². The molecule has 0 N–H and O–H groups in total. The van der Waals surface area contributed by atoms with Crippen LogP contribution in [0.25, 0.3) is 0 Å². The molecule has 28 valence electrons. The summed E-state index contributed by atoms with van der Waals surface area (Å²) in [7, 11) is 0. The fourth-order valence-corrected chi connectivity index (χ4v) is 0. The Labute approximate surface area is 99.3 Å². The maximum atomic E-state index is 0. The molecule has 0 aliphatic heterocycles. The van der Waals surface area contributed by atoms with E-state index < -0.39 is 0 Å². The zero-order valence-electron chi connectivity index (χ0n) is 3.56. The first-order valence-corrected chi connectivity index (χ1v) is 0. The van der Waals surface area contributed by atoms with Gasteiger partial charge in [0, 0.05) is 86.5 Å². The Morgan fingerprint density at radius 3 is 0.600 bits per heavy atom. The monoisotopic (exact) mass is 392 g/mol. The van der Waals surface area contributed by atoms with Crippen molar-refractivity contribution in [2.75, 3.05) is 0 Å². The van der Waals surface area contributed by atoms with Gasteiger partial charge >= 0.3 is 0 Å². The SMILES string of the molecule is [CH3-].[CH3-].[W].[Y].[Y]. The van der Waals surface area contributed by atoms with Gasteiger partial charge in [-0.3, -0.25) is 0 Å². The minimum atomic E-state index is 0. The van der Waals surface area contributed by atoms with E-state index >= 15 is 0 Å². The Hall–Kier alpha value is 2.90. The molecule has 0 aliphatic carbocycles. The molecule has 0 aliphatic rings. The number of hydrogen-bond acceptors (Lipinski definition) is 0. The maximum absolute atomic E-state index is 0. The number of rotatable bonds is 0. The average molecular weight is 392 g/mol. The molecule has 0 heterocycles. The van der Waals surface area contributed by atoms with Crippen LogP contribution in [0.2, 0.25) is 0 Å². The molecule has 0 aromatic rings. The summed E-state index contributed by atoms with van der Waals surface area (Å²) in [6.07, 6.45) is 0. The summed E-state index contributed by atoms with van der Waals surface area (Å²) in [5.41, 5.74) is 0. The predicted octanol–water partition coefficient (Wildman–Crippen LogP) is 0.893. The Balaban J connectivity index is 0. The van der Waals surface area contributed by atoms with Crippen molar-refractivity contribution < 1.29 is 86.5 Å². The molecule has 3 heteroatoms. The molecule has 0 nitrogen and oxygen atoms in total. The van der Waals surface area contributed by atoms with E-state index in [-0.39, 0.29) is 101 Å². The van der Waals surface area contributed by atoms with E-state index in [9.17, 15) is 0 Å². The van der Waals surface area contributed by atoms with Crippen molar-refractivity contribution in [1.29, 1.82) is 0 Å². The molecule has 0 aromatic carbocycles. The minimum Gasteiger partial charge on any atom is -0.358 e. The molecule has 0 bridgehead atoms. The maximum Gasteiger partial charge on any atom is 0 e. The van der Waals surface area contributed by atoms with E-state index in [1.54, 1.807) is 0 Å². The van der Waals surface area contributed by atoms with Crippen molar-refractivity contribution in [2.45, 2.75) is 0 Å². The Bertz CT molecular complexity index is 7.61. The van der Waals surface area contributed by atoms with Crippen molar-refractivity contribution in [3.05, 3.63) is 14.9 Å². The molecule has 0 aromatic heterocycles. The zero-order valence-corrected chi connectivity index (χ0v) is 12.2. The van der Waals surface area contributed by atoms with Gasteiger partial charge in [0.2, 0.25) is 0 Å². The summed E-state index contributed by atoms with van der Waals surface area (Å²) in [4.78, 5) is 0. The fourth-order valence-electron chi connectivity index (χ4n) is 0. The molecule has 0 rings (SSSR count). The molecule has 0 spiro atoms. The average Bonchev–Trinajstić information content (AvgIpc) is 0. The molecule has 0 amide bonds. The van der Waals surface area contributed by atoms with Crippen LogP contribution in [0.5, 0.6) is 0 Å². The second-order valence-corrected chi connectivity index (χ2v) is 0. The first-order chi connectivity index (χ1) is 0. The molecule has 0 unspecified atom stereocenters. The first-order valence-electron chi connectivity index (χ1n) is 0. The fraction of sp³-hybridized carbons (Fsp3) is 0. The van der Waals surface area contributed by atoms with Gasteiger partial charge in [-0.1, -0.05) is 0 Å². The largest absolute Gasteiger partial charge is 0.358 e. The smallest absolute Gasteiger partial charge is 0 e. The van der Waals surface area contributed by atoms with E-state index in [1.165, 1.54) is 0 Å². The summed E-state index contributed by atoms with van der Waals surface area (Å²) in [6, 6.07) is 0. The Kier molecular flexibility index (Phi) is 256. The summed E-state index contributed by atoms with van der Waals surface area (Å²) < 4.78 is 0. The second kappa shape index (κ2) is 28.6. The van der Waals surface area contributed by atoms with Gasteiger partial charge in [-0.25, -0.2) is 0 Å². The van der Waals surface area contributed by atoms with Gasteiger partial charge in [0.15, 0.2) is 0 Å². The third-order valence-electron chi connectivity index (χ3n) is 0. The standard InChI is InChI=1S/2CH3.W.2Y/h2*1H3;;;/q2*-1;;;. The summed E-state index contributed by atoms with van der Waals surface area (Å²) in [5, 5.41) is 0. The predicted molar refractivity (Wildman–Crippen MR) is 12.8 cm³/mol. The second-order valence-electron chi connectivity index (χ2n) is 0. The first kappa shape index (κ1) is 44.8. The van der Waals surface area contributed by atoms with Gasteiger partial charge in [0.05, 0.1) is 0 Å². The van der Waals surface area contributed by atoms with E-state index in [1.807, 2.05) is 0 Å². The van der Waals surface area contributed by atoms with E-state index in [0.29, 0.717) is 0 Å². The van der Waals surface area contributed by atoms with Gasteiger partial charge in [-0.15, -0.1) is 0 Å². The zero-order chi connectivity index (χ0) is 0. The molecule has 5 heavy (non-hydrogen) atoms. The molecule has 0 fully saturated rings. The normalized spacial score (nSPS) is 0. The van der Waals surface area contributed by atoms with Gasteiger partial charge in [-0.2, -0.15) is 0 Å². The van der Waals surface area contributed by atoms with E-state index in [0.717, 1.165) is 0 Å². The van der Waals surface area contributed by atoms with Gasteiger partial charge in [0.1, 0.15) is 0 Å². The summed E-state index contributed by atoms with van der Waals surface area (Å²) in [5.74, 6) is 0. The van der Waals surface area contributed by atoms with Crippen LogP contribution in [0.15, 0.2) is 0 Å². The van der Waals surface area contributed by atoms with Crippen LogP contribution < -0.4 is 0 Å². The van der Waals surface area contributed by atoms with Crippen LogP contribution in [0.3, 0.4) is 0 Å². The molecule has 0 atom stereocenters. The Morgan fingerprint density at radius 2 is 0.600 bits per heavy atom. The molecular formula is C2H6WY2-2. The van der Waals surface area contributed by atoms with Crippen molar-refractivity contribution in [2.24, 2.45) is 0 Å².